The van der Waals surface area contributed by atoms with Crippen LogP contribution in [0.3, 0.4) is 0 Å². The van der Waals surface area contributed by atoms with Gasteiger partial charge in [-0.05, 0) is 31.8 Å². The topological polar surface area (TPSA) is 77.3 Å². The SMILES string of the molecule is O=[N+]([O-])c1cnc(C(F)(F)F)cc1OCC1CCNCC1. The normalized spacial score (nSPS) is 16.7. The van der Waals surface area contributed by atoms with E-state index in [9.17, 15) is 23.3 Å². The van der Waals surface area contributed by atoms with E-state index in [1.165, 1.54) is 0 Å². The monoisotopic (exact) mass is 305 g/mol. The summed E-state index contributed by atoms with van der Waals surface area (Å²) in [6.07, 6.45) is -2.43. The third kappa shape index (κ3) is 4.03. The first kappa shape index (κ1) is 15.5. The summed E-state index contributed by atoms with van der Waals surface area (Å²) >= 11 is 0. The molecule has 0 aromatic carbocycles. The molecule has 0 spiro atoms. The van der Waals surface area contributed by atoms with Crippen molar-refractivity contribution < 1.29 is 22.8 Å². The van der Waals surface area contributed by atoms with Crippen LogP contribution >= 0.6 is 0 Å². The van der Waals surface area contributed by atoms with Crippen molar-refractivity contribution in [1.82, 2.24) is 10.3 Å². The summed E-state index contributed by atoms with van der Waals surface area (Å²) < 4.78 is 43.1. The van der Waals surface area contributed by atoms with Crippen LogP contribution in [0.15, 0.2) is 12.3 Å². The molecule has 0 amide bonds. The molecule has 0 atom stereocenters. The minimum Gasteiger partial charge on any atom is -0.486 e. The van der Waals surface area contributed by atoms with Crippen LogP contribution < -0.4 is 10.1 Å². The van der Waals surface area contributed by atoms with Crippen molar-refractivity contribution in [1.29, 1.82) is 0 Å². The maximum Gasteiger partial charge on any atom is 0.433 e. The Kier molecular flexibility index (Phi) is 4.61. The van der Waals surface area contributed by atoms with Crippen LogP contribution in [0.4, 0.5) is 18.9 Å². The van der Waals surface area contributed by atoms with Crippen molar-refractivity contribution in [3.63, 3.8) is 0 Å². The van der Waals surface area contributed by atoms with Gasteiger partial charge in [-0.25, -0.2) is 4.98 Å². The van der Waals surface area contributed by atoms with Gasteiger partial charge >= 0.3 is 11.9 Å². The van der Waals surface area contributed by atoms with Crippen molar-refractivity contribution >= 4 is 5.69 Å². The highest BCUT2D eigenvalue weighted by atomic mass is 19.4. The van der Waals surface area contributed by atoms with Crippen LogP contribution in [0.25, 0.3) is 0 Å². The largest absolute Gasteiger partial charge is 0.486 e. The van der Waals surface area contributed by atoms with Crippen molar-refractivity contribution in [3.8, 4) is 5.75 Å². The highest BCUT2D eigenvalue weighted by molar-refractivity contribution is 5.45. The van der Waals surface area contributed by atoms with Crippen molar-refractivity contribution in [3.05, 3.63) is 28.1 Å². The molecule has 1 aromatic rings. The number of nitrogens with one attached hydrogen (secondary N) is 1. The molecule has 2 rings (SSSR count). The molecule has 1 saturated heterocycles. The van der Waals surface area contributed by atoms with Gasteiger partial charge in [-0.2, -0.15) is 13.2 Å². The van der Waals surface area contributed by atoms with Gasteiger partial charge in [0.15, 0.2) is 0 Å². The molecule has 9 heteroatoms. The first-order valence-electron chi connectivity index (χ1n) is 6.43. The van der Waals surface area contributed by atoms with Gasteiger partial charge in [-0.3, -0.25) is 10.1 Å². The van der Waals surface area contributed by atoms with Crippen LogP contribution in [-0.4, -0.2) is 29.6 Å². The lowest BCUT2D eigenvalue weighted by Gasteiger charge is -2.22. The fourth-order valence-corrected chi connectivity index (χ4v) is 2.09. The maximum atomic E-state index is 12.6. The van der Waals surface area contributed by atoms with Gasteiger partial charge in [0.2, 0.25) is 5.75 Å². The van der Waals surface area contributed by atoms with E-state index < -0.39 is 22.5 Å². The van der Waals surface area contributed by atoms with Crippen molar-refractivity contribution in [2.45, 2.75) is 19.0 Å². The number of alkyl halides is 3. The first-order valence-corrected chi connectivity index (χ1v) is 6.43. The van der Waals surface area contributed by atoms with Crippen molar-refractivity contribution in [2.75, 3.05) is 19.7 Å². The van der Waals surface area contributed by atoms with Crippen LogP contribution in [0, 0.1) is 16.0 Å². The molecule has 2 heterocycles. The number of hydrogen-bond acceptors (Lipinski definition) is 5. The van der Waals surface area contributed by atoms with Gasteiger partial charge in [0.1, 0.15) is 11.9 Å². The van der Waals surface area contributed by atoms with Gasteiger partial charge < -0.3 is 10.1 Å². The summed E-state index contributed by atoms with van der Waals surface area (Å²) in [6, 6.07) is 0.583. The minimum absolute atomic E-state index is 0.157. The maximum absolute atomic E-state index is 12.6. The Labute approximate surface area is 118 Å². The summed E-state index contributed by atoms with van der Waals surface area (Å²) in [5.41, 5.74) is -1.76. The lowest BCUT2D eigenvalue weighted by atomic mass is 9.99. The van der Waals surface area contributed by atoms with E-state index in [0.717, 1.165) is 25.9 Å². The summed E-state index contributed by atoms with van der Waals surface area (Å²) in [7, 11) is 0. The second kappa shape index (κ2) is 6.25. The number of pyridine rings is 1. The third-order valence-electron chi connectivity index (χ3n) is 3.27. The summed E-state index contributed by atoms with van der Waals surface area (Å²) in [6.45, 7) is 1.77. The Morgan fingerprint density at radius 3 is 2.67 bits per heavy atom. The predicted octanol–water partition coefficient (Wildman–Crippen LogP) is 2.39. The fraction of sp³-hybridized carbons (Fsp3) is 0.583. The molecule has 21 heavy (non-hydrogen) atoms. The Morgan fingerprint density at radius 1 is 1.43 bits per heavy atom. The van der Waals surface area contributed by atoms with Gasteiger partial charge in [0.25, 0.3) is 0 Å². The lowest BCUT2D eigenvalue weighted by molar-refractivity contribution is -0.386. The molecular weight excluding hydrogens is 291 g/mol. The molecule has 0 unspecified atom stereocenters. The number of aromatic nitrogens is 1. The molecule has 0 radical (unpaired) electrons. The summed E-state index contributed by atoms with van der Waals surface area (Å²) in [5.74, 6) is -0.214. The molecule has 1 fully saturated rings. The predicted molar refractivity (Wildman–Crippen MR) is 67.0 cm³/mol. The molecule has 1 aliphatic heterocycles. The minimum atomic E-state index is -4.66. The van der Waals surface area contributed by atoms with Crippen LogP contribution in [0.1, 0.15) is 18.5 Å². The average Bonchev–Trinajstić information content (AvgIpc) is 2.45. The first-order chi connectivity index (χ1) is 9.88. The fourth-order valence-electron chi connectivity index (χ4n) is 2.09. The molecule has 1 aliphatic rings. The van der Waals surface area contributed by atoms with Crippen LogP contribution in [-0.2, 0) is 6.18 Å². The van der Waals surface area contributed by atoms with Gasteiger partial charge in [-0.15, -0.1) is 0 Å². The molecule has 0 saturated carbocycles. The molecule has 116 valence electrons. The van der Waals surface area contributed by atoms with E-state index in [4.69, 9.17) is 4.74 Å². The second-order valence-electron chi connectivity index (χ2n) is 4.80. The molecule has 0 aliphatic carbocycles. The zero-order valence-electron chi connectivity index (χ0n) is 11.0. The Hall–Kier alpha value is -1.90. The smallest absolute Gasteiger partial charge is 0.433 e. The highest BCUT2D eigenvalue weighted by Crippen LogP contribution is 2.34. The number of rotatable bonds is 4. The van der Waals surface area contributed by atoms with E-state index in [1.54, 1.807) is 0 Å². The summed E-state index contributed by atoms with van der Waals surface area (Å²) in [5, 5.41) is 14.0. The Morgan fingerprint density at radius 2 is 2.10 bits per heavy atom. The van der Waals surface area contributed by atoms with Crippen LogP contribution in [0.2, 0.25) is 0 Å². The van der Waals surface area contributed by atoms with Crippen molar-refractivity contribution in [2.24, 2.45) is 5.92 Å². The summed E-state index contributed by atoms with van der Waals surface area (Å²) in [4.78, 5) is 13.1. The zero-order valence-corrected chi connectivity index (χ0v) is 11.0. The van der Waals surface area contributed by atoms with Gasteiger partial charge in [-0.1, -0.05) is 0 Å². The number of piperidine rings is 1. The van der Waals surface area contributed by atoms with Crippen LogP contribution in [0.5, 0.6) is 5.75 Å². The number of nitro groups is 1. The standard InChI is InChI=1S/C12H14F3N3O3/c13-12(14,15)11-5-10(9(6-17-11)18(19)20)21-7-8-1-3-16-4-2-8/h5-6,8,16H,1-4,7H2. The zero-order chi connectivity index (χ0) is 15.5. The van der Waals surface area contributed by atoms with E-state index in [2.05, 4.69) is 10.3 Å². The van der Waals surface area contributed by atoms with E-state index >= 15 is 0 Å². The third-order valence-corrected chi connectivity index (χ3v) is 3.27. The van der Waals surface area contributed by atoms with E-state index in [0.29, 0.717) is 12.3 Å². The van der Waals surface area contributed by atoms with E-state index in [-0.39, 0.29) is 18.3 Å². The number of ether oxygens (including phenoxy) is 1. The van der Waals surface area contributed by atoms with Gasteiger partial charge in [0.05, 0.1) is 11.5 Å². The Balaban J connectivity index is 2.16. The Bertz CT molecular complexity index is 516. The average molecular weight is 305 g/mol. The molecule has 6 nitrogen and oxygen atoms in total. The molecule has 0 bridgehead atoms. The number of nitrogens with zero attached hydrogens (tertiary/aromatic N) is 2. The number of halogens is 3. The highest BCUT2D eigenvalue weighted by Gasteiger charge is 2.35. The second-order valence-corrected chi connectivity index (χ2v) is 4.80. The molecule has 1 aromatic heterocycles. The quantitative estimate of drug-likeness (QED) is 0.682. The van der Waals surface area contributed by atoms with Gasteiger partial charge in [0, 0.05) is 6.07 Å². The number of hydrogen-bond donors (Lipinski definition) is 1. The molecular formula is C12H14F3N3O3. The van der Waals surface area contributed by atoms with E-state index in [1.807, 2.05) is 0 Å². The lowest BCUT2D eigenvalue weighted by Crippen LogP contribution is -2.30. The molecule has 1 N–H and O–H groups in total.